The number of benzene rings is 1. The first kappa shape index (κ1) is 17.7. The molecular weight excluding hydrogens is 312 g/mol. The van der Waals surface area contributed by atoms with Gasteiger partial charge in [-0.2, -0.15) is 5.26 Å². The number of hydrogen-bond acceptors (Lipinski definition) is 5. The first-order chi connectivity index (χ1) is 12.0. The second-order valence-corrected chi connectivity index (χ2v) is 7.04. The van der Waals surface area contributed by atoms with Crippen LogP contribution in [0.15, 0.2) is 24.4 Å². The van der Waals surface area contributed by atoms with E-state index in [1.807, 2.05) is 6.07 Å². The molecule has 0 bridgehead atoms. The zero-order valence-electron chi connectivity index (χ0n) is 15.5. The van der Waals surface area contributed by atoms with Gasteiger partial charge in [-0.05, 0) is 26.3 Å². The van der Waals surface area contributed by atoms with Crippen molar-refractivity contribution in [2.75, 3.05) is 38.1 Å². The molecular formula is C20H26N4O. The molecule has 1 aliphatic heterocycles. The maximum Gasteiger partial charge on any atom is 0.103 e. The van der Waals surface area contributed by atoms with Crippen LogP contribution in [0.25, 0.3) is 10.9 Å². The van der Waals surface area contributed by atoms with Gasteiger partial charge in [0.25, 0.3) is 0 Å². The maximum absolute atomic E-state index is 9.54. The lowest BCUT2D eigenvalue weighted by molar-refractivity contribution is -0.0670. The lowest BCUT2D eigenvalue weighted by Gasteiger charge is -2.36. The van der Waals surface area contributed by atoms with E-state index in [9.17, 15) is 5.26 Å². The van der Waals surface area contributed by atoms with Crippen LogP contribution in [0.4, 0.5) is 5.69 Å². The molecule has 1 aromatic heterocycles. The Labute approximate surface area is 149 Å². The number of rotatable bonds is 4. The van der Waals surface area contributed by atoms with Gasteiger partial charge in [0.1, 0.15) is 6.07 Å². The highest BCUT2D eigenvalue weighted by Gasteiger charge is 2.22. The second kappa shape index (κ2) is 7.38. The van der Waals surface area contributed by atoms with Crippen LogP contribution in [0.3, 0.4) is 0 Å². The molecule has 1 saturated heterocycles. The minimum Gasteiger partial charge on any atom is -0.373 e. The van der Waals surface area contributed by atoms with Gasteiger partial charge in [0.15, 0.2) is 0 Å². The first-order valence-electron chi connectivity index (χ1n) is 8.87. The molecule has 0 radical (unpaired) electrons. The van der Waals surface area contributed by atoms with E-state index >= 15 is 0 Å². The average molecular weight is 338 g/mol. The lowest BCUT2D eigenvalue weighted by atomic mass is 10.1. The number of aromatic nitrogens is 1. The van der Waals surface area contributed by atoms with Crippen LogP contribution in [0.1, 0.15) is 25.0 Å². The quantitative estimate of drug-likeness (QED) is 0.858. The summed E-state index contributed by atoms with van der Waals surface area (Å²) in [6.07, 6.45) is 2.24. The fraction of sp³-hybridized carbons (Fsp3) is 0.500. The van der Waals surface area contributed by atoms with Gasteiger partial charge in [-0.15, -0.1) is 0 Å². The van der Waals surface area contributed by atoms with Crippen LogP contribution in [0.5, 0.6) is 0 Å². The van der Waals surface area contributed by atoms with Gasteiger partial charge < -0.3 is 9.64 Å². The summed E-state index contributed by atoms with van der Waals surface area (Å²) in [5.74, 6) is 0. The Morgan fingerprint density at radius 1 is 1.32 bits per heavy atom. The third-order valence-corrected chi connectivity index (χ3v) is 4.82. The van der Waals surface area contributed by atoms with Crippen molar-refractivity contribution in [3.63, 3.8) is 0 Å². The number of fused-ring (bicyclic) bond motifs is 1. The number of para-hydroxylation sites is 1. The summed E-state index contributed by atoms with van der Waals surface area (Å²) in [6, 6.07) is 8.45. The molecule has 25 heavy (non-hydrogen) atoms. The molecule has 2 aromatic rings. The highest BCUT2D eigenvalue weighted by Crippen LogP contribution is 2.30. The van der Waals surface area contributed by atoms with Gasteiger partial charge >= 0.3 is 0 Å². The first-order valence-corrected chi connectivity index (χ1v) is 8.87. The Morgan fingerprint density at radius 3 is 2.72 bits per heavy atom. The van der Waals surface area contributed by atoms with Crippen molar-refractivity contribution in [2.24, 2.45) is 0 Å². The van der Waals surface area contributed by atoms with E-state index in [-0.39, 0.29) is 12.2 Å². The summed E-state index contributed by atoms with van der Waals surface area (Å²) in [4.78, 5) is 9.12. The topological polar surface area (TPSA) is 52.4 Å². The van der Waals surface area contributed by atoms with E-state index in [0.29, 0.717) is 5.56 Å². The van der Waals surface area contributed by atoms with E-state index in [1.165, 1.54) is 0 Å². The number of aryl methyl sites for hydroxylation is 1. The zero-order chi connectivity index (χ0) is 18.0. The summed E-state index contributed by atoms with van der Waals surface area (Å²) in [5.41, 5.74) is 3.71. The number of nitrogens with zero attached hydrogens (tertiary/aromatic N) is 4. The minimum atomic E-state index is 0.271. The monoisotopic (exact) mass is 338 g/mol. The molecule has 1 fully saturated rings. The maximum atomic E-state index is 9.54. The molecule has 5 heteroatoms. The van der Waals surface area contributed by atoms with Gasteiger partial charge in [-0.25, -0.2) is 0 Å². The lowest BCUT2D eigenvalue weighted by Crippen LogP contribution is -2.47. The molecule has 3 rings (SSSR count). The standard InChI is InChI=1S/C20H26N4O/c1-14-6-5-7-18-19(14)22-11-17(10-21)20(18)23(4)8-9-24-12-15(2)25-16(3)13-24/h5-7,11,15-16H,8-9,12-13H2,1-4H3/t15-,16+. The Bertz CT molecular complexity index is 788. The van der Waals surface area contributed by atoms with Crippen molar-refractivity contribution >= 4 is 16.6 Å². The molecule has 0 saturated carbocycles. The summed E-state index contributed by atoms with van der Waals surface area (Å²) in [7, 11) is 2.06. The number of ether oxygens (including phenoxy) is 1. The fourth-order valence-electron chi connectivity index (χ4n) is 3.72. The van der Waals surface area contributed by atoms with Crippen LogP contribution in [0.2, 0.25) is 0 Å². The Kier molecular flexibility index (Phi) is 5.22. The minimum absolute atomic E-state index is 0.271. The summed E-state index contributed by atoms with van der Waals surface area (Å²) in [6.45, 7) is 10.0. The van der Waals surface area contributed by atoms with Gasteiger partial charge in [0, 0.05) is 44.8 Å². The number of pyridine rings is 1. The van der Waals surface area contributed by atoms with E-state index in [4.69, 9.17) is 4.74 Å². The SMILES string of the molecule is Cc1cccc2c(N(C)CCN3C[C@@H](C)O[C@@H](C)C3)c(C#N)cnc12. The molecule has 0 amide bonds. The summed E-state index contributed by atoms with van der Waals surface area (Å²) < 4.78 is 5.81. The van der Waals surface area contributed by atoms with Crippen molar-refractivity contribution in [1.29, 1.82) is 5.26 Å². The van der Waals surface area contributed by atoms with Gasteiger partial charge in [0.05, 0.1) is 29.0 Å². The molecule has 0 unspecified atom stereocenters. The van der Waals surface area contributed by atoms with Crippen molar-refractivity contribution in [2.45, 2.75) is 33.0 Å². The van der Waals surface area contributed by atoms with Crippen LogP contribution >= 0.6 is 0 Å². The molecule has 0 N–H and O–H groups in total. The van der Waals surface area contributed by atoms with E-state index in [0.717, 1.165) is 48.3 Å². The fourth-order valence-corrected chi connectivity index (χ4v) is 3.72. The van der Waals surface area contributed by atoms with E-state index in [2.05, 4.69) is 60.8 Å². The Hall–Kier alpha value is -2.16. The normalized spacial score (nSPS) is 21.2. The third kappa shape index (κ3) is 3.76. The molecule has 0 aliphatic carbocycles. The van der Waals surface area contributed by atoms with Gasteiger partial charge in [-0.1, -0.05) is 18.2 Å². The van der Waals surface area contributed by atoms with Gasteiger partial charge in [0.2, 0.25) is 0 Å². The zero-order valence-corrected chi connectivity index (χ0v) is 15.5. The van der Waals surface area contributed by atoms with E-state index in [1.54, 1.807) is 6.20 Å². The predicted octanol–water partition coefficient (Wildman–Crippen LogP) is 2.96. The predicted molar refractivity (Wildman–Crippen MR) is 101 cm³/mol. The van der Waals surface area contributed by atoms with Crippen LogP contribution < -0.4 is 4.90 Å². The van der Waals surface area contributed by atoms with Crippen LogP contribution in [0, 0.1) is 18.3 Å². The largest absolute Gasteiger partial charge is 0.373 e. The molecule has 2 atom stereocenters. The summed E-state index contributed by atoms with van der Waals surface area (Å²) in [5, 5.41) is 10.6. The highest BCUT2D eigenvalue weighted by molar-refractivity contribution is 5.95. The smallest absolute Gasteiger partial charge is 0.103 e. The van der Waals surface area contributed by atoms with Crippen LogP contribution in [-0.2, 0) is 4.74 Å². The molecule has 132 valence electrons. The molecule has 2 heterocycles. The highest BCUT2D eigenvalue weighted by atomic mass is 16.5. The summed E-state index contributed by atoms with van der Waals surface area (Å²) >= 11 is 0. The molecule has 5 nitrogen and oxygen atoms in total. The molecule has 0 spiro atoms. The number of nitriles is 1. The Morgan fingerprint density at radius 2 is 2.04 bits per heavy atom. The second-order valence-electron chi connectivity index (χ2n) is 7.04. The third-order valence-electron chi connectivity index (χ3n) is 4.82. The van der Waals surface area contributed by atoms with Gasteiger partial charge in [-0.3, -0.25) is 9.88 Å². The number of likely N-dealkylation sites (N-methyl/N-ethyl adjacent to an activating group) is 1. The number of anilines is 1. The van der Waals surface area contributed by atoms with E-state index < -0.39 is 0 Å². The van der Waals surface area contributed by atoms with Crippen molar-refractivity contribution in [1.82, 2.24) is 9.88 Å². The van der Waals surface area contributed by atoms with Crippen molar-refractivity contribution in [3.05, 3.63) is 35.5 Å². The Balaban J connectivity index is 1.83. The van der Waals surface area contributed by atoms with Crippen LogP contribution in [-0.4, -0.2) is 55.3 Å². The average Bonchev–Trinajstić information content (AvgIpc) is 2.58. The number of hydrogen-bond donors (Lipinski definition) is 0. The molecule has 1 aliphatic rings. The number of morpholine rings is 1. The molecule has 1 aromatic carbocycles. The van der Waals surface area contributed by atoms with Crippen molar-refractivity contribution < 1.29 is 4.74 Å². The van der Waals surface area contributed by atoms with Crippen molar-refractivity contribution in [3.8, 4) is 6.07 Å².